The minimum absolute atomic E-state index is 0.110. The molecule has 0 spiro atoms. The fraction of sp³-hybridized carbons (Fsp3) is 0. The van der Waals surface area contributed by atoms with Crippen molar-refractivity contribution >= 4 is 5.69 Å². The molecule has 1 heterocycles. The van der Waals surface area contributed by atoms with Crippen molar-refractivity contribution in [3.05, 3.63) is 48.0 Å². The summed E-state index contributed by atoms with van der Waals surface area (Å²) in [6.07, 6.45) is 1.52. The Kier molecular flexibility index (Phi) is 2.52. The van der Waals surface area contributed by atoms with E-state index >= 15 is 0 Å². The molecule has 2 rings (SSSR count). The van der Waals surface area contributed by atoms with E-state index < -0.39 is 5.82 Å². The van der Waals surface area contributed by atoms with Crippen LogP contribution in [0.3, 0.4) is 0 Å². The SMILES string of the molecule is N#Cc1cc(-c2ccc(N)c(F)c2)ccn1. The molecule has 2 aromatic rings. The summed E-state index contributed by atoms with van der Waals surface area (Å²) >= 11 is 0. The summed E-state index contributed by atoms with van der Waals surface area (Å²) in [5.74, 6) is -0.465. The number of aromatic nitrogens is 1. The van der Waals surface area contributed by atoms with Crippen LogP contribution in [0, 0.1) is 17.1 Å². The molecule has 1 aromatic carbocycles. The number of anilines is 1. The van der Waals surface area contributed by atoms with Crippen molar-refractivity contribution in [1.82, 2.24) is 4.98 Å². The second-order valence-corrected chi connectivity index (χ2v) is 3.28. The number of nitriles is 1. The maximum atomic E-state index is 13.2. The number of nitrogens with two attached hydrogens (primary N) is 1. The molecule has 0 radical (unpaired) electrons. The summed E-state index contributed by atoms with van der Waals surface area (Å²) < 4.78 is 13.2. The van der Waals surface area contributed by atoms with Gasteiger partial charge in [0, 0.05) is 6.20 Å². The number of pyridine rings is 1. The highest BCUT2D eigenvalue weighted by Crippen LogP contribution is 2.22. The number of nitrogens with zero attached hydrogens (tertiary/aromatic N) is 2. The quantitative estimate of drug-likeness (QED) is 0.739. The van der Waals surface area contributed by atoms with Crippen LogP contribution in [0.2, 0.25) is 0 Å². The van der Waals surface area contributed by atoms with Crippen LogP contribution in [-0.4, -0.2) is 4.98 Å². The summed E-state index contributed by atoms with van der Waals surface area (Å²) in [6, 6.07) is 9.79. The van der Waals surface area contributed by atoms with Crippen LogP contribution in [0.1, 0.15) is 5.69 Å². The molecule has 0 aliphatic carbocycles. The number of rotatable bonds is 1. The van der Waals surface area contributed by atoms with E-state index in [2.05, 4.69) is 4.98 Å². The summed E-state index contributed by atoms with van der Waals surface area (Å²) in [7, 11) is 0. The Hall–Kier alpha value is -2.41. The maximum Gasteiger partial charge on any atom is 0.146 e. The zero-order chi connectivity index (χ0) is 11.5. The first-order valence-corrected chi connectivity index (χ1v) is 4.62. The fourth-order valence-corrected chi connectivity index (χ4v) is 1.38. The highest BCUT2D eigenvalue weighted by molar-refractivity contribution is 5.66. The van der Waals surface area contributed by atoms with E-state index in [9.17, 15) is 4.39 Å². The van der Waals surface area contributed by atoms with E-state index in [0.717, 1.165) is 5.56 Å². The molecule has 0 aliphatic heterocycles. The maximum absolute atomic E-state index is 13.2. The normalized spacial score (nSPS) is 9.75. The molecule has 0 unspecified atom stereocenters. The first-order chi connectivity index (χ1) is 7.70. The van der Waals surface area contributed by atoms with Gasteiger partial charge in [-0.2, -0.15) is 5.26 Å². The largest absolute Gasteiger partial charge is 0.396 e. The molecule has 0 bridgehead atoms. The monoisotopic (exact) mass is 213 g/mol. The second kappa shape index (κ2) is 3.99. The summed E-state index contributed by atoms with van der Waals surface area (Å²) in [5, 5.41) is 8.70. The topological polar surface area (TPSA) is 62.7 Å². The highest BCUT2D eigenvalue weighted by atomic mass is 19.1. The summed E-state index contributed by atoms with van der Waals surface area (Å²) in [5.41, 5.74) is 7.21. The van der Waals surface area contributed by atoms with Gasteiger partial charge in [-0.25, -0.2) is 9.37 Å². The van der Waals surface area contributed by atoms with Gasteiger partial charge < -0.3 is 5.73 Å². The van der Waals surface area contributed by atoms with Crippen LogP contribution in [0.4, 0.5) is 10.1 Å². The molecule has 0 saturated carbocycles. The lowest BCUT2D eigenvalue weighted by molar-refractivity contribution is 0.633. The average molecular weight is 213 g/mol. The zero-order valence-corrected chi connectivity index (χ0v) is 8.31. The van der Waals surface area contributed by atoms with Gasteiger partial charge in [0.25, 0.3) is 0 Å². The minimum atomic E-state index is -0.465. The Labute approximate surface area is 92.0 Å². The van der Waals surface area contributed by atoms with E-state index in [1.54, 1.807) is 18.2 Å². The predicted octanol–water partition coefficient (Wildman–Crippen LogP) is 2.34. The van der Waals surface area contributed by atoms with E-state index in [1.165, 1.54) is 18.3 Å². The van der Waals surface area contributed by atoms with Crippen LogP contribution in [0.25, 0.3) is 11.1 Å². The Bertz CT molecular complexity index is 573. The smallest absolute Gasteiger partial charge is 0.146 e. The molecular formula is C12H8FN3. The third kappa shape index (κ3) is 1.84. The van der Waals surface area contributed by atoms with Crippen molar-refractivity contribution in [2.24, 2.45) is 0 Å². The van der Waals surface area contributed by atoms with E-state index in [-0.39, 0.29) is 5.69 Å². The number of benzene rings is 1. The van der Waals surface area contributed by atoms with Crippen LogP contribution in [0.5, 0.6) is 0 Å². The van der Waals surface area contributed by atoms with E-state index in [4.69, 9.17) is 11.0 Å². The van der Waals surface area contributed by atoms with Crippen molar-refractivity contribution in [1.29, 1.82) is 5.26 Å². The zero-order valence-electron chi connectivity index (χ0n) is 8.31. The molecule has 0 saturated heterocycles. The van der Waals surface area contributed by atoms with Crippen molar-refractivity contribution in [3.63, 3.8) is 0 Å². The Balaban J connectivity index is 2.51. The van der Waals surface area contributed by atoms with Crippen molar-refractivity contribution in [2.75, 3.05) is 5.73 Å². The van der Waals surface area contributed by atoms with Gasteiger partial charge in [-0.15, -0.1) is 0 Å². The molecule has 1 aromatic heterocycles. The van der Waals surface area contributed by atoms with Crippen molar-refractivity contribution in [2.45, 2.75) is 0 Å². The molecule has 16 heavy (non-hydrogen) atoms. The van der Waals surface area contributed by atoms with Crippen LogP contribution < -0.4 is 5.73 Å². The molecule has 2 N–H and O–H groups in total. The second-order valence-electron chi connectivity index (χ2n) is 3.28. The molecule has 0 fully saturated rings. The number of halogens is 1. The molecule has 0 aliphatic rings. The van der Waals surface area contributed by atoms with Crippen LogP contribution in [-0.2, 0) is 0 Å². The molecule has 0 atom stereocenters. The summed E-state index contributed by atoms with van der Waals surface area (Å²) in [6.45, 7) is 0. The van der Waals surface area contributed by atoms with Gasteiger partial charge in [0.15, 0.2) is 0 Å². The first kappa shape index (κ1) is 10.1. The third-order valence-corrected chi connectivity index (χ3v) is 2.21. The Morgan fingerprint density at radius 3 is 2.62 bits per heavy atom. The van der Waals surface area contributed by atoms with Gasteiger partial charge in [-0.05, 0) is 35.4 Å². The van der Waals surface area contributed by atoms with E-state index in [1.807, 2.05) is 6.07 Å². The van der Waals surface area contributed by atoms with Crippen LogP contribution in [0.15, 0.2) is 36.5 Å². The van der Waals surface area contributed by atoms with Crippen molar-refractivity contribution < 1.29 is 4.39 Å². The van der Waals surface area contributed by atoms with Gasteiger partial charge in [0.2, 0.25) is 0 Å². The first-order valence-electron chi connectivity index (χ1n) is 4.62. The molecule has 0 amide bonds. The van der Waals surface area contributed by atoms with Gasteiger partial charge >= 0.3 is 0 Å². The summed E-state index contributed by atoms with van der Waals surface area (Å²) in [4.78, 5) is 3.84. The Morgan fingerprint density at radius 2 is 1.94 bits per heavy atom. The van der Waals surface area contributed by atoms with Gasteiger partial charge in [0.05, 0.1) is 5.69 Å². The molecule has 4 heteroatoms. The highest BCUT2D eigenvalue weighted by Gasteiger charge is 2.03. The lowest BCUT2D eigenvalue weighted by Gasteiger charge is -2.03. The standard InChI is InChI=1S/C12H8FN3/c13-11-6-8(1-2-12(11)15)9-3-4-16-10(5-9)7-14/h1-6H,15H2. The van der Waals surface area contributed by atoms with Crippen LogP contribution >= 0.6 is 0 Å². The number of hydrogen-bond acceptors (Lipinski definition) is 3. The van der Waals surface area contributed by atoms with Gasteiger partial charge in [0.1, 0.15) is 17.6 Å². The lowest BCUT2D eigenvalue weighted by Crippen LogP contribution is -1.91. The van der Waals surface area contributed by atoms with Crippen molar-refractivity contribution in [3.8, 4) is 17.2 Å². The third-order valence-electron chi connectivity index (χ3n) is 2.21. The predicted molar refractivity (Wildman–Crippen MR) is 58.8 cm³/mol. The Morgan fingerprint density at radius 1 is 1.19 bits per heavy atom. The average Bonchev–Trinajstić information content (AvgIpc) is 2.33. The minimum Gasteiger partial charge on any atom is -0.396 e. The molecule has 3 nitrogen and oxygen atoms in total. The van der Waals surface area contributed by atoms with Gasteiger partial charge in [-0.1, -0.05) is 6.07 Å². The lowest BCUT2D eigenvalue weighted by atomic mass is 10.1. The van der Waals surface area contributed by atoms with Gasteiger partial charge in [-0.3, -0.25) is 0 Å². The fourth-order valence-electron chi connectivity index (χ4n) is 1.38. The number of hydrogen-bond donors (Lipinski definition) is 1. The molecular weight excluding hydrogens is 205 g/mol. The number of nitrogen functional groups attached to an aromatic ring is 1. The van der Waals surface area contributed by atoms with E-state index in [0.29, 0.717) is 11.3 Å². The molecule has 78 valence electrons.